The Kier molecular flexibility index (Phi) is 7.64. The first kappa shape index (κ1) is 18.6. The summed E-state index contributed by atoms with van der Waals surface area (Å²) in [6.07, 6.45) is 1.98. The van der Waals surface area contributed by atoms with Crippen LogP contribution in [-0.4, -0.2) is 34.2 Å². The molecule has 0 aliphatic rings. The average molecular weight is 312 g/mol. The van der Waals surface area contributed by atoms with Crippen molar-refractivity contribution in [3.63, 3.8) is 0 Å². The zero-order valence-electron chi connectivity index (χ0n) is 12.6. The van der Waals surface area contributed by atoms with Crippen LogP contribution >= 0.6 is 17.1 Å². The molecular weight excluding hydrogens is 285 g/mol. The fourth-order valence-corrected chi connectivity index (χ4v) is 7.97. The second kappa shape index (κ2) is 7.39. The minimum Gasteiger partial charge on any atom is -0.393 e. The van der Waals surface area contributed by atoms with E-state index in [4.69, 9.17) is 16.3 Å². The van der Waals surface area contributed by atoms with Crippen LogP contribution in [0.2, 0.25) is 0 Å². The van der Waals surface area contributed by atoms with E-state index in [0.717, 1.165) is 0 Å². The molecule has 0 spiro atoms. The van der Waals surface area contributed by atoms with E-state index >= 15 is 0 Å². The van der Waals surface area contributed by atoms with Gasteiger partial charge in [-0.1, -0.05) is 0 Å². The summed E-state index contributed by atoms with van der Waals surface area (Å²) in [7, 11) is 0. The number of aliphatic imine (C=N–C) groups is 1. The Morgan fingerprint density at radius 1 is 1.28 bits per heavy atom. The monoisotopic (exact) mass is 312 g/mol. The topological polar surface area (TPSA) is 34.4 Å². The third kappa shape index (κ3) is 8.65. The lowest BCUT2D eigenvalue weighted by Crippen LogP contribution is -2.21. The molecule has 0 aliphatic heterocycles. The van der Waals surface area contributed by atoms with Gasteiger partial charge in [0.2, 0.25) is 0 Å². The predicted octanol–water partition coefficient (Wildman–Crippen LogP) is 4.18. The average Bonchev–Trinajstić information content (AvgIpc) is 2.13. The van der Waals surface area contributed by atoms with Gasteiger partial charge in [0.15, 0.2) is 0 Å². The van der Waals surface area contributed by atoms with Gasteiger partial charge in [-0.15, -0.1) is 0 Å². The van der Waals surface area contributed by atoms with Crippen molar-refractivity contribution in [2.45, 2.75) is 58.8 Å². The van der Waals surface area contributed by atoms with Crippen LogP contribution in [0.15, 0.2) is 4.99 Å². The highest BCUT2D eigenvalue weighted by molar-refractivity contribution is 8.68. The molecule has 1 atom stereocenters. The Balaban J connectivity index is 4.81. The molecule has 0 rings (SSSR count). The predicted molar refractivity (Wildman–Crippen MR) is 88.6 cm³/mol. The Hall–Kier alpha value is 0.590. The summed E-state index contributed by atoms with van der Waals surface area (Å²) in [6, 6.07) is 0. The highest BCUT2D eigenvalue weighted by Crippen LogP contribution is 2.63. The van der Waals surface area contributed by atoms with Crippen molar-refractivity contribution in [2.24, 2.45) is 4.99 Å². The van der Waals surface area contributed by atoms with Crippen LogP contribution in [-0.2, 0) is 16.3 Å². The first-order valence-electron chi connectivity index (χ1n) is 6.24. The van der Waals surface area contributed by atoms with E-state index in [1.807, 2.05) is 20.1 Å². The van der Waals surface area contributed by atoms with Crippen molar-refractivity contribution < 1.29 is 9.05 Å². The van der Waals surface area contributed by atoms with Gasteiger partial charge in [-0.2, -0.15) is 0 Å². The molecule has 1 unspecified atom stereocenters. The van der Waals surface area contributed by atoms with Gasteiger partial charge in [-0.3, -0.25) is 9.52 Å². The van der Waals surface area contributed by atoms with Gasteiger partial charge in [-0.05, 0) is 52.9 Å². The number of nitrogens with zero attached hydrogens (tertiary/aromatic N) is 1. The molecule has 0 aliphatic carbocycles. The molecule has 18 heavy (non-hydrogen) atoms. The van der Waals surface area contributed by atoms with Crippen molar-refractivity contribution in [2.75, 3.05) is 13.2 Å². The molecular formula is C12H27NO2PS2+. The third-order valence-electron chi connectivity index (χ3n) is 1.72. The Labute approximate surface area is 121 Å². The van der Waals surface area contributed by atoms with Gasteiger partial charge in [0.05, 0.1) is 16.9 Å². The Bertz CT molecular complexity index is 315. The third-order valence-corrected chi connectivity index (χ3v) is 7.84. The fourth-order valence-electron chi connectivity index (χ4n) is 1.10. The van der Waals surface area contributed by atoms with Gasteiger partial charge in [-0.25, -0.2) is 0 Å². The summed E-state index contributed by atoms with van der Waals surface area (Å²) in [4.78, 5) is 4.56. The summed E-state index contributed by atoms with van der Waals surface area (Å²) >= 11 is 7.21. The number of hydrogen-bond donors (Lipinski definition) is 0. The summed E-state index contributed by atoms with van der Waals surface area (Å²) < 4.78 is 10.0. The van der Waals surface area contributed by atoms with Crippen LogP contribution < -0.4 is 0 Å². The maximum Gasteiger partial charge on any atom is 0.393 e. The first-order chi connectivity index (χ1) is 8.04. The van der Waals surface area contributed by atoms with Gasteiger partial charge in [0, 0.05) is 24.9 Å². The molecule has 0 heterocycles. The van der Waals surface area contributed by atoms with E-state index in [-0.39, 0.29) is 10.3 Å². The SMILES string of the molecule is CCOP(=S)([OH+]CC)SC(C)(C)C=NC(C)(C)C. The molecule has 108 valence electrons. The summed E-state index contributed by atoms with van der Waals surface area (Å²) in [5, 5.41) is 0. The van der Waals surface area contributed by atoms with E-state index in [0.29, 0.717) is 13.2 Å². The van der Waals surface area contributed by atoms with Gasteiger partial charge >= 0.3 is 5.69 Å². The van der Waals surface area contributed by atoms with Crippen LogP contribution in [0.25, 0.3) is 0 Å². The first-order valence-corrected chi connectivity index (χ1v) is 10.3. The standard InChI is InChI=1S/C12H26NO2PS2/c1-8-14-16(17,15-9-2)18-12(6,7)10-13-11(3,4)5/h10H,8-9H2,1-7H3/p+1. The smallest absolute Gasteiger partial charge is 0.393 e. The Morgan fingerprint density at radius 2 is 1.83 bits per heavy atom. The van der Waals surface area contributed by atoms with E-state index in [1.165, 1.54) is 0 Å². The lowest BCUT2D eigenvalue weighted by Gasteiger charge is -2.25. The zero-order valence-corrected chi connectivity index (χ0v) is 15.1. The molecule has 0 bridgehead atoms. The molecule has 0 fully saturated rings. The van der Waals surface area contributed by atoms with Crippen LogP contribution in [0, 0.1) is 0 Å². The summed E-state index contributed by atoms with van der Waals surface area (Å²) in [5.41, 5.74) is -2.20. The molecule has 0 aromatic heterocycles. The molecule has 1 N–H and O–H groups in total. The minimum atomic E-state index is -2.14. The van der Waals surface area contributed by atoms with Crippen LogP contribution in [0.1, 0.15) is 48.5 Å². The number of aliphatic hydroxyl groups is 1. The van der Waals surface area contributed by atoms with Crippen LogP contribution in [0.4, 0.5) is 0 Å². The van der Waals surface area contributed by atoms with E-state index in [9.17, 15) is 0 Å². The van der Waals surface area contributed by atoms with Gasteiger partial charge in [0.25, 0.3) is 0 Å². The van der Waals surface area contributed by atoms with Crippen LogP contribution in [0.5, 0.6) is 0 Å². The molecule has 0 aromatic carbocycles. The quantitative estimate of drug-likeness (QED) is 0.402. The van der Waals surface area contributed by atoms with Crippen molar-refractivity contribution in [1.29, 1.82) is 0 Å². The molecule has 0 saturated heterocycles. The molecule has 0 aromatic rings. The highest BCUT2D eigenvalue weighted by atomic mass is 32.9. The molecule has 0 amide bonds. The second-order valence-electron chi connectivity index (χ2n) is 5.47. The minimum absolute atomic E-state index is 0.0616. The molecule has 3 nitrogen and oxygen atoms in total. The molecule has 0 saturated carbocycles. The molecule has 0 radical (unpaired) electrons. The zero-order chi connectivity index (χ0) is 14.4. The van der Waals surface area contributed by atoms with Crippen molar-refractivity contribution in [3.05, 3.63) is 0 Å². The second-order valence-corrected chi connectivity index (χ2v) is 12.4. The number of hydrogen-bond acceptors (Lipinski definition) is 4. The van der Waals surface area contributed by atoms with E-state index in [1.54, 1.807) is 11.4 Å². The fraction of sp³-hybridized carbons (Fsp3) is 0.917. The van der Waals surface area contributed by atoms with E-state index in [2.05, 4.69) is 44.1 Å². The van der Waals surface area contributed by atoms with Gasteiger partial charge < -0.3 is 4.52 Å². The largest absolute Gasteiger partial charge is 0.393 e. The lowest BCUT2D eigenvalue weighted by molar-refractivity contribution is 0.144. The lowest BCUT2D eigenvalue weighted by atomic mass is 10.1. The summed E-state index contributed by atoms with van der Waals surface area (Å²) in [6.45, 7) is 15.7. The maximum atomic E-state index is 5.70. The number of rotatable bonds is 7. The Morgan fingerprint density at radius 3 is 2.22 bits per heavy atom. The van der Waals surface area contributed by atoms with Crippen LogP contribution in [0.3, 0.4) is 0 Å². The maximum absolute atomic E-state index is 5.70. The summed E-state index contributed by atoms with van der Waals surface area (Å²) in [5.74, 6) is 0. The van der Waals surface area contributed by atoms with Gasteiger partial charge in [0.1, 0.15) is 6.61 Å². The normalized spacial score (nSPS) is 17.1. The molecule has 6 heteroatoms. The van der Waals surface area contributed by atoms with E-state index < -0.39 is 5.69 Å². The van der Waals surface area contributed by atoms with Crippen molar-refractivity contribution in [1.82, 2.24) is 0 Å². The highest BCUT2D eigenvalue weighted by Gasteiger charge is 2.34. The van der Waals surface area contributed by atoms with Crippen molar-refractivity contribution in [3.8, 4) is 0 Å². The van der Waals surface area contributed by atoms with Crippen molar-refractivity contribution >= 4 is 35.1 Å².